The molecule has 1 amide bonds. The number of carbonyl (C=O) groups excluding carboxylic acids is 1. The fourth-order valence-corrected chi connectivity index (χ4v) is 3.46. The first kappa shape index (κ1) is 16.3. The summed E-state index contributed by atoms with van der Waals surface area (Å²) >= 11 is 6.01. The molecule has 2 aliphatic rings. The third-order valence-electron chi connectivity index (χ3n) is 4.84. The summed E-state index contributed by atoms with van der Waals surface area (Å²) in [5, 5.41) is 10.9. The number of nitrogens with one attached hydrogen (secondary N) is 2. The molecule has 1 aliphatic heterocycles. The normalized spacial score (nSPS) is 18.0. The van der Waals surface area contributed by atoms with Gasteiger partial charge in [0.05, 0.1) is 0 Å². The first-order valence-electron chi connectivity index (χ1n) is 8.94. The van der Waals surface area contributed by atoms with E-state index >= 15 is 0 Å². The number of ether oxygens (including phenoxy) is 1. The molecule has 0 bridgehead atoms. The van der Waals surface area contributed by atoms with Crippen molar-refractivity contribution in [3.63, 3.8) is 0 Å². The SMILES string of the molecule is O=C(Nc1cccc(-c2n[nH]c(C3CC3)n2)c1)C1Cc2cc(Cl)ccc2O1. The average Bonchev–Trinajstić information content (AvgIpc) is 3.24. The maximum Gasteiger partial charge on any atom is 0.265 e. The summed E-state index contributed by atoms with van der Waals surface area (Å²) in [7, 11) is 0. The van der Waals surface area contributed by atoms with Crippen LogP contribution in [0.4, 0.5) is 5.69 Å². The maximum absolute atomic E-state index is 12.6. The van der Waals surface area contributed by atoms with Gasteiger partial charge < -0.3 is 10.1 Å². The lowest BCUT2D eigenvalue weighted by molar-refractivity contribution is -0.122. The fourth-order valence-electron chi connectivity index (χ4n) is 3.26. The number of anilines is 1. The number of halogens is 1. The molecule has 1 saturated carbocycles. The first-order chi connectivity index (χ1) is 13.2. The molecule has 5 rings (SSSR count). The molecule has 136 valence electrons. The van der Waals surface area contributed by atoms with Gasteiger partial charge in [0.25, 0.3) is 5.91 Å². The minimum absolute atomic E-state index is 0.187. The maximum atomic E-state index is 12.6. The van der Waals surface area contributed by atoms with Crippen LogP contribution in [0.1, 0.15) is 30.1 Å². The smallest absolute Gasteiger partial charge is 0.265 e. The van der Waals surface area contributed by atoms with E-state index in [1.165, 1.54) is 12.8 Å². The molecule has 1 fully saturated rings. The molecule has 0 spiro atoms. The number of hydrogen-bond donors (Lipinski definition) is 2. The van der Waals surface area contributed by atoms with Gasteiger partial charge in [0.2, 0.25) is 0 Å². The van der Waals surface area contributed by atoms with Crippen molar-refractivity contribution >= 4 is 23.2 Å². The summed E-state index contributed by atoms with van der Waals surface area (Å²) in [6, 6.07) is 12.9. The lowest BCUT2D eigenvalue weighted by Crippen LogP contribution is -2.31. The van der Waals surface area contributed by atoms with Gasteiger partial charge in [-0.05, 0) is 48.7 Å². The lowest BCUT2D eigenvalue weighted by Gasteiger charge is -2.11. The van der Waals surface area contributed by atoms with Crippen LogP contribution in [-0.2, 0) is 11.2 Å². The second kappa shape index (κ2) is 6.39. The van der Waals surface area contributed by atoms with E-state index in [9.17, 15) is 4.79 Å². The van der Waals surface area contributed by atoms with E-state index in [1.807, 2.05) is 30.3 Å². The number of hydrogen-bond acceptors (Lipinski definition) is 4. The second-order valence-corrected chi connectivity index (χ2v) is 7.39. The number of H-pyrrole nitrogens is 1. The number of benzene rings is 2. The number of aromatic nitrogens is 3. The third-order valence-corrected chi connectivity index (χ3v) is 5.08. The molecule has 1 unspecified atom stereocenters. The van der Waals surface area contributed by atoms with Gasteiger partial charge >= 0.3 is 0 Å². The Bertz CT molecular complexity index is 1030. The largest absolute Gasteiger partial charge is 0.480 e. The van der Waals surface area contributed by atoms with E-state index in [0.29, 0.717) is 34.6 Å². The predicted octanol–water partition coefficient (Wildman–Crippen LogP) is 3.94. The standard InChI is InChI=1S/C20H17ClN4O2/c21-14-6-7-16-13(8-14)10-17(27-16)20(26)22-15-3-1-2-12(9-15)19-23-18(24-25-19)11-4-5-11/h1-3,6-9,11,17H,4-5,10H2,(H,22,26)(H,23,24,25). The summed E-state index contributed by atoms with van der Waals surface area (Å²) in [4.78, 5) is 17.2. The molecule has 0 radical (unpaired) electrons. The Balaban J connectivity index is 1.30. The van der Waals surface area contributed by atoms with E-state index in [0.717, 1.165) is 17.0 Å². The van der Waals surface area contributed by atoms with Crippen LogP contribution in [0.3, 0.4) is 0 Å². The molecule has 1 aliphatic carbocycles. The summed E-state index contributed by atoms with van der Waals surface area (Å²) < 4.78 is 5.75. The van der Waals surface area contributed by atoms with Crippen LogP contribution in [-0.4, -0.2) is 27.2 Å². The summed E-state index contributed by atoms with van der Waals surface area (Å²) in [6.07, 6.45) is 2.28. The van der Waals surface area contributed by atoms with Crippen LogP contribution >= 0.6 is 11.6 Å². The van der Waals surface area contributed by atoms with Gasteiger partial charge in [0, 0.05) is 28.6 Å². The highest BCUT2D eigenvalue weighted by Gasteiger charge is 2.30. The Morgan fingerprint density at radius 2 is 2.11 bits per heavy atom. The molecular formula is C20H17ClN4O2. The number of rotatable bonds is 4. The van der Waals surface area contributed by atoms with Crippen LogP contribution in [0.2, 0.25) is 5.02 Å². The van der Waals surface area contributed by atoms with Crippen molar-refractivity contribution in [3.05, 3.63) is 58.9 Å². The number of fused-ring (bicyclic) bond motifs is 1. The van der Waals surface area contributed by atoms with Gasteiger partial charge in [-0.25, -0.2) is 4.98 Å². The fraction of sp³-hybridized carbons (Fsp3) is 0.250. The molecule has 27 heavy (non-hydrogen) atoms. The number of amides is 1. The quantitative estimate of drug-likeness (QED) is 0.718. The van der Waals surface area contributed by atoms with Crippen LogP contribution in [0, 0.1) is 0 Å². The van der Waals surface area contributed by atoms with Crippen LogP contribution < -0.4 is 10.1 Å². The predicted molar refractivity (Wildman–Crippen MR) is 102 cm³/mol. The molecule has 3 aromatic rings. The van der Waals surface area contributed by atoms with E-state index in [2.05, 4.69) is 20.5 Å². The zero-order chi connectivity index (χ0) is 18.4. The number of carbonyl (C=O) groups is 1. The molecule has 2 heterocycles. The topological polar surface area (TPSA) is 79.9 Å². The Kier molecular flexibility index (Phi) is 3.86. The summed E-state index contributed by atoms with van der Waals surface area (Å²) in [5.41, 5.74) is 2.50. The minimum Gasteiger partial charge on any atom is -0.480 e. The van der Waals surface area contributed by atoms with Crippen molar-refractivity contribution in [2.24, 2.45) is 0 Å². The average molecular weight is 381 g/mol. The zero-order valence-corrected chi connectivity index (χ0v) is 15.2. The van der Waals surface area contributed by atoms with Crippen molar-refractivity contribution in [2.45, 2.75) is 31.3 Å². The number of nitrogens with zero attached hydrogens (tertiary/aromatic N) is 2. The van der Waals surface area contributed by atoms with Gasteiger partial charge in [-0.15, -0.1) is 0 Å². The van der Waals surface area contributed by atoms with E-state index in [4.69, 9.17) is 16.3 Å². The van der Waals surface area contributed by atoms with E-state index < -0.39 is 6.10 Å². The first-order valence-corrected chi connectivity index (χ1v) is 9.32. The van der Waals surface area contributed by atoms with Crippen molar-refractivity contribution < 1.29 is 9.53 Å². The minimum atomic E-state index is -0.563. The van der Waals surface area contributed by atoms with E-state index in [1.54, 1.807) is 12.1 Å². The van der Waals surface area contributed by atoms with Gasteiger partial charge in [0.15, 0.2) is 11.9 Å². The van der Waals surface area contributed by atoms with Gasteiger partial charge in [-0.1, -0.05) is 23.7 Å². The molecule has 2 aromatic carbocycles. The molecule has 1 atom stereocenters. The van der Waals surface area contributed by atoms with E-state index in [-0.39, 0.29) is 5.91 Å². The highest BCUT2D eigenvalue weighted by Crippen LogP contribution is 2.38. The second-order valence-electron chi connectivity index (χ2n) is 6.95. The summed E-state index contributed by atoms with van der Waals surface area (Å²) in [5.74, 6) is 2.63. The molecular weight excluding hydrogens is 364 g/mol. The monoisotopic (exact) mass is 380 g/mol. The molecule has 7 heteroatoms. The lowest BCUT2D eigenvalue weighted by atomic mass is 10.1. The Hall–Kier alpha value is -2.86. The van der Waals surface area contributed by atoms with Crippen molar-refractivity contribution in [2.75, 3.05) is 5.32 Å². The highest BCUT2D eigenvalue weighted by molar-refractivity contribution is 6.30. The van der Waals surface area contributed by atoms with Crippen LogP contribution in [0.15, 0.2) is 42.5 Å². The Labute approximate surface area is 160 Å². The zero-order valence-electron chi connectivity index (χ0n) is 14.4. The Morgan fingerprint density at radius 3 is 2.96 bits per heavy atom. The highest BCUT2D eigenvalue weighted by atomic mass is 35.5. The van der Waals surface area contributed by atoms with Crippen molar-refractivity contribution in [1.29, 1.82) is 0 Å². The third kappa shape index (κ3) is 3.28. The van der Waals surface area contributed by atoms with Crippen molar-refractivity contribution in [1.82, 2.24) is 15.2 Å². The molecule has 0 saturated heterocycles. The Morgan fingerprint density at radius 1 is 1.22 bits per heavy atom. The molecule has 6 nitrogen and oxygen atoms in total. The molecule has 2 N–H and O–H groups in total. The molecule has 1 aromatic heterocycles. The summed E-state index contributed by atoms with van der Waals surface area (Å²) in [6.45, 7) is 0. The van der Waals surface area contributed by atoms with Gasteiger partial charge in [-0.3, -0.25) is 9.89 Å². The van der Waals surface area contributed by atoms with Gasteiger partial charge in [-0.2, -0.15) is 5.10 Å². The van der Waals surface area contributed by atoms with Crippen LogP contribution in [0.25, 0.3) is 11.4 Å². The van der Waals surface area contributed by atoms with Crippen molar-refractivity contribution in [3.8, 4) is 17.1 Å². The number of aromatic amines is 1. The van der Waals surface area contributed by atoms with Crippen LogP contribution in [0.5, 0.6) is 5.75 Å². The van der Waals surface area contributed by atoms with Gasteiger partial charge in [0.1, 0.15) is 11.6 Å².